The Bertz CT molecular complexity index is 1180. The Morgan fingerprint density at radius 1 is 1.04 bits per heavy atom. The number of rotatable bonds is 4. The summed E-state index contributed by atoms with van der Waals surface area (Å²) >= 11 is 3.51. The molecule has 27 heavy (non-hydrogen) atoms. The topological polar surface area (TPSA) is 87.0 Å². The standard InChI is InChI=1S/C20H14BrN3O3/c21-18-13-6-2-1-5-12(13)9-10-16(18)27-11-17(25)23-24-19-14-7-3-4-8-15(14)22-20(19)26/h1-10,22,26H,11H2. The Morgan fingerprint density at radius 2 is 1.78 bits per heavy atom. The Kier molecular flexibility index (Phi) is 4.60. The van der Waals surface area contributed by atoms with Crippen LogP contribution in [0, 0.1) is 0 Å². The Morgan fingerprint density at radius 3 is 2.63 bits per heavy atom. The second kappa shape index (κ2) is 7.20. The molecular formula is C20H14BrN3O3. The molecule has 0 radical (unpaired) electrons. The number of hydrogen-bond acceptors (Lipinski definition) is 4. The molecule has 134 valence electrons. The summed E-state index contributed by atoms with van der Waals surface area (Å²) in [7, 11) is 0. The van der Waals surface area contributed by atoms with Crippen molar-refractivity contribution in [3.8, 4) is 11.6 Å². The van der Waals surface area contributed by atoms with Crippen LogP contribution in [0.3, 0.4) is 0 Å². The summed E-state index contributed by atoms with van der Waals surface area (Å²) in [6.45, 7) is -0.260. The van der Waals surface area contributed by atoms with Gasteiger partial charge in [-0.15, -0.1) is 10.2 Å². The fourth-order valence-electron chi connectivity index (χ4n) is 2.81. The number of para-hydroxylation sites is 1. The molecule has 0 saturated heterocycles. The van der Waals surface area contributed by atoms with Gasteiger partial charge in [0.1, 0.15) is 5.75 Å². The summed E-state index contributed by atoms with van der Waals surface area (Å²) in [5, 5.41) is 20.2. The van der Waals surface area contributed by atoms with Crippen molar-refractivity contribution < 1.29 is 14.6 Å². The number of carbonyl (C=O) groups excluding carboxylic acids is 1. The van der Waals surface area contributed by atoms with Crippen LogP contribution in [0.15, 0.2) is 75.4 Å². The maximum Gasteiger partial charge on any atom is 0.302 e. The molecule has 6 nitrogen and oxygen atoms in total. The van der Waals surface area contributed by atoms with Crippen molar-refractivity contribution in [2.45, 2.75) is 0 Å². The lowest BCUT2D eigenvalue weighted by Gasteiger charge is -2.08. The maximum absolute atomic E-state index is 12.0. The van der Waals surface area contributed by atoms with Crippen molar-refractivity contribution in [3.63, 3.8) is 0 Å². The van der Waals surface area contributed by atoms with Gasteiger partial charge in [-0.05, 0) is 38.8 Å². The highest BCUT2D eigenvalue weighted by molar-refractivity contribution is 9.10. The third-order valence-corrected chi connectivity index (χ3v) is 4.92. The monoisotopic (exact) mass is 423 g/mol. The normalized spacial score (nSPS) is 11.4. The van der Waals surface area contributed by atoms with Gasteiger partial charge in [-0.1, -0.05) is 48.5 Å². The summed E-state index contributed by atoms with van der Waals surface area (Å²) < 4.78 is 6.35. The number of aromatic nitrogens is 1. The van der Waals surface area contributed by atoms with Crippen LogP contribution in [-0.4, -0.2) is 22.6 Å². The second-order valence-corrected chi connectivity index (χ2v) is 6.64. The highest BCUT2D eigenvalue weighted by Gasteiger charge is 2.11. The molecule has 0 bridgehead atoms. The van der Waals surface area contributed by atoms with Gasteiger partial charge in [0, 0.05) is 5.39 Å². The van der Waals surface area contributed by atoms with Crippen LogP contribution >= 0.6 is 15.9 Å². The zero-order chi connectivity index (χ0) is 18.8. The average Bonchev–Trinajstić information content (AvgIpc) is 3.01. The Hall–Kier alpha value is -3.19. The van der Waals surface area contributed by atoms with Crippen molar-refractivity contribution in [3.05, 3.63) is 65.1 Å². The summed E-state index contributed by atoms with van der Waals surface area (Å²) in [4.78, 5) is 14.8. The molecule has 3 aromatic carbocycles. The molecule has 0 unspecified atom stereocenters. The molecule has 1 aromatic heterocycles. The second-order valence-electron chi connectivity index (χ2n) is 5.85. The summed E-state index contributed by atoms with van der Waals surface area (Å²) in [6.07, 6.45) is 0. The number of aromatic hydroxyl groups is 1. The zero-order valence-electron chi connectivity index (χ0n) is 14.0. The number of carbonyl (C=O) groups is 1. The molecule has 4 aromatic rings. The molecule has 4 rings (SSSR count). The summed E-state index contributed by atoms with van der Waals surface area (Å²) in [5.41, 5.74) is 0.943. The number of benzene rings is 3. The number of nitrogens with one attached hydrogen (secondary N) is 1. The molecule has 0 atom stereocenters. The van der Waals surface area contributed by atoms with E-state index in [-0.39, 0.29) is 18.2 Å². The molecule has 0 aliphatic heterocycles. The number of nitrogens with zero attached hydrogens (tertiary/aromatic N) is 2. The highest BCUT2D eigenvalue weighted by Crippen LogP contribution is 2.35. The Labute approximate surface area is 162 Å². The van der Waals surface area contributed by atoms with Crippen LogP contribution in [-0.2, 0) is 4.79 Å². The molecule has 0 aliphatic carbocycles. The first-order chi connectivity index (χ1) is 13.1. The van der Waals surface area contributed by atoms with Gasteiger partial charge in [0.25, 0.3) is 0 Å². The molecule has 1 heterocycles. The molecular weight excluding hydrogens is 410 g/mol. The minimum atomic E-state index is -0.556. The first-order valence-corrected chi connectivity index (χ1v) is 8.97. The first-order valence-electron chi connectivity index (χ1n) is 8.18. The van der Waals surface area contributed by atoms with Crippen molar-refractivity contribution in [2.75, 3.05) is 6.61 Å². The van der Waals surface area contributed by atoms with Gasteiger partial charge >= 0.3 is 5.91 Å². The molecule has 1 amide bonds. The number of H-pyrrole nitrogens is 1. The zero-order valence-corrected chi connectivity index (χ0v) is 15.6. The van der Waals surface area contributed by atoms with Gasteiger partial charge in [-0.3, -0.25) is 4.79 Å². The van der Waals surface area contributed by atoms with Gasteiger partial charge in [-0.25, -0.2) is 0 Å². The van der Waals surface area contributed by atoms with E-state index >= 15 is 0 Å². The van der Waals surface area contributed by atoms with E-state index in [4.69, 9.17) is 4.74 Å². The average molecular weight is 424 g/mol. The number of aromatic amines is 1. The predicted molar refractivity (Wildman–Crippen MR) is 107 cm³/mol. The van der Waals surface area contributed by atoms with E-state index in [1.165, 1.54) is 0 Å². The van der Waals surface area contributed by atoms with E-state index in [0.29, 0.717) is 16.7 Å². The van der Waals surface area contributed by atoms with E-state index < -0.39 is 5.91 Å². The lowest BCUT2D eigenvalue weighted by atomic mass is 10.1. The number of halogens is 1. The lowest BCUT2D eigenvalue weighted by molar-refractivity contribution is -0.120. The smallest absolute Gasteiger partial charge is 0.302 e. The van der Waals surface area contributed by atoms with Crippen LogP contribution < -0.4 is 4.74 Å². The minimum Gasteiger partial charge on any atom is -0.493 e. The van der Waals surface area contributed by atoms with Crippen LogP contribution in [0.4, 0.5) is 5.69 Å². The fraction of sp³-hybridized carbons (Fsp3) is 0.0500. The molecule has 0 fully saturated rings. The summed E-state index contributed by atoms with van der Waals surface area (Å²) in [5.74, 6) is -0.141. The third-order valence-electron chi connectivity index (χ3n) is 4.10. The number of hydrogen-bond donors (Lipinski definition) is 2. The van der Waals surface area contributed by atoms with E-state index in [1.807, 2.05) is 42.5 Å². The number of fused-ring (bicyclic) bond motifs is 2. The third kappa shape index (κ3) is 3.41. The molecule has 7 heteroatoms. The number of ether oxygens (including phenoxy) is 1. The molecule has 0 aliphatic rings. The van der Waals surface area contributed by atoms with E-state index in [2.05, 4.69) is 31.1 Å². The van der Waals surface area contributed by atoms with Gasteiger partial charge in [0.15, 0.2) is 12.3 Å². The maximum atomic E-state index is 12.0. The van der Waals surface area contributed by atoms with Crippen molar-refractivity contribution in [1.82, 2.24) is 4.98 Å². The fourth-order valence-corrected chi connectivity index (χ4v) is 3.42. The minimum absolute atomic E-state index is 0.133. The van der Waals surface area contributed by atoms with Crippen LogP contribution in [0.5, 0.6) is 11.6 Å². The van der Waals surface area contributed by atoms with Gasteiger partial charge in [0.2, 0.25) is 5.88 Å². The van der Waals surface area contributed by atoms with Crippen molar-refractivity contribution in [2.24, 2.45) is 10.2 Å². The lowest BCUT2D eigenvalue weighted by Crippen LogP contribution is -2.08. The SMILES string of the molecule is O=C(COc1ccc2ccccc2c1Br)N=Nc1c(O)[nH]c2ccccc12. The quantitative estimate of drug-likeness (QED) is 0.426. The predicted octanol–water partition coefficient (Wildman–Crippen LogP) is 5.48. The van der Waals surface area contributed by atoms with Crippen molar-refractivity contribution >= 4 is 49.2 Å². The van der Waals surface area contributed by atoms with Gasteiger partial charge in [-0.2, -0.15) is 0 Å². The van der Waals surface area contributed by atoms with Gasteiger partial charge in [0.05, 0.1) is 9.99 Å². The van der Waals surface area contributed by atoms with Crippen LogP contribution in [0.1, 0.15) is 0 Å². The van der Waals surface area contributed by atoms with E-state index in [0.717, 1.165) is 15.2 Å². The Balaban J connectivity index is 1.49. The summed E-state index contributed by atoms with van der Waals surface area (Å²) in [6, 6.07) is 18.8. The van der Waals surface area contributed by atoms with E-state index in [9.17, 15) is 9.90 Å². The molecule has 2 N–H and O–H groups in total. The largest absolute Gasteiger partial charge is 0.493 e. The van der Waals surface area contributed by atoms with Crippen molar-refractivity contribution in [1.29, 1.82) is 0 Å². The molecule has 0 spiro atoms. The number of azo groups is 1. The van der Waals surface area contributed by atoms with E-state index in [1.54, 1.807) is 18.2 Å². The number of amides is 1. The van der Waals surface area contributed by atoms with Crippen LogP contribution in [0.2, 0.25) is 0 Å². The van der Waals surface area contributed by atoms with Gasteiger partial charge < -0.3 is 14.8 Å². The molecule has 0 saturated carbocycles. The first kappa shape index (κ1) is 17.2. The van der Waals surface area contributed by atoms with Crippen LogP contribution in [0.25, 0.3) is 21.7 Å². The highest BCUT2D eigenvalue weighted by atomic mass is 79.9.